The van der Waals surface area contributed by atoms with Crippen LogP contribution in [0.2, 0.25) is 0 Å². The third-order valence-electron chi connectivity index (χ3n) is 3.09. The van der Waals surface area contributed by atoms with Crippen molar-refractivity contribution in [3.63, 3.8) is 0 Å². The molecule has 1 aromatic rings. The predicted molar refractivity (Wildman–Crippen MR) is 73.8 cm³/mol. The van der Waals surface area contributed by atoms with Crippen LogP contribution in [0.15, 0.2) is 24.3 Å². The summed E-state index contributed by atoms with van der Waals surface area (Å²) >= 11 is 0. The van der Waals surface area contributed by atoms with Crippen molar-refractivity contribution in [2.75, 3.05) is 13.7 Å². The second-order valence-corrected chi connectivity index (χ2v) is 4.45. The van der Waals surface area contributed by atoms with Crippen LogP contribution in [-0.4, -0.2) is 25.7 Å². The van der Waals surface area contributed by atoms with Crippen molar-refractivity contribution in [1.29, 1.82) is 0 Å². The van der Waals surface area contributed by atoms with Crippen LogP contribution < -0.4 is 16.0 Å². The topological polar surface area (TPSA) is 73.6 Å². The highest BCUT2D eigenvalue weighted by Crippen LogP contribution is 2.22. The van der Waals surface area contributed by atoms with E-state index in [9.17, 15) is 4.79 Å². The lowest BCUT2D eigenvalue weighted by Gasteiger charge is -2.17. The van der Waals surface area contributed by atoms with Gasteiger partial charge in [-0.3, -0.25) is 10.2 Å². The number of carbonyl (C=O) groups excluding carboxylic acids is 1. The predicted octanol–water partition coefficient (Wildman–Crippen LogP) is 1.58. The van der Waals surface area contributed by atoms with Crippen molar-refractivity contribution in [1.82, 2.24) is 5.43 Å². The number of hydrogen-bond donors (Lipinski definition) is 2. The van der Waals surface area contributed by atoms with Gasteiger partial charge in [-0.25, -0.2) is 5.84 Å². The Bertz CT molecular complexity index is 392. The van der Waals surface area contributed by atoms with Crippen LogP contribution in [0.4, 0.5) is 0 Å². The van der Waals surface area contributed by atoms with E-state index in [2.05, 4.69) is 19.3 Å². The standard InChI is InChI=1S/C14H22N2O3/c1-4-10(2)11-5-7-12(8-6-11)19-13(9-18-3)14(17)16-15/h5-8,10,13H,4,9,15H2,1-3H3,(H,16,17). The molecule has 0 aliphatic rings. The molecule has 0 saturated carbocycles. The third kappa shape index (κ3) is 4.54. The van der Waals surface area contributed by atoms with Crippen LogP contribution in [0.5, 0.6) is 5.75 Å². The van der Waals surface area contributed by atoms with Crippen molar-refractivity contribution in [3.8, 4) is 5.75 Å². The molecule has 5 nitrogen and oxygen atoms in total. The van der Waals surface area contributed by atoms with Crippen LogP contribution >= 0.6 is 0 Å². The Kier molecular flexibility index (Phi) is 6.32. The van der Waals surface area contributed by atoms with Crippen LogP contribution in [0.3, 0.4) is 0 Å². The summed E-state index contributed by atoms with van der Waals surface area (Å²) in [5.74, 6) is 5.83. The molecule has 0 fully saturated rings. The number of carbonyl (C=O) groups is 1. The smallest absolute Gasteiger partial charge is 0.277 e. The van der Waals surface area contributed by atoms with Crippen molar-refractivity contribution in [2.24, 2.45) is 5.84 Å². The highest BCUT2D eigenvalue weighted by molar-refractivity contribution is 5.80. The van der Waals surface area contributed by atoms with E-state index in [0.717, 1.165) is 6.42 Å². The van der Waals surface area contributed by atoms with Crippen LogP contribution in [0, 0.1) is 0 Å². The normalized spacial score (nSPS) is 13.7. The average molecular weight is 266 g/mol. The molecule has 0 aromatic heterocycles. The number of amides is 1. The van der Waals surface area contributed by atoms with E-state index in [1.165, 1.54) is 12.7 Å². The van der Waals surface area contributed by atoms with Gasteiger partial charge in [-0.05, 0) is 30.0 Å². The summed E-state index contributed by atoms with van der Waals surface area (Å²) < 4.78 is 10.5. The molecule has 0 aliphatic carbocycles. The number of ether oxygens (including phenoxy) is 2. The Balaban J connectivity index is 2.72. The maximum atomic E-state index is 11.5. The lowest BCUT2D eigenvalue weighted by atomic mass is 9.99. The zero-order valence-corrected chi connectivity index (χ0v) is 11.7. The largest absolute Gasteiger partial charge is 0.478 e. The van der Waals surface area contributed by atoms with Crippen LogP contribution in [0.1, 0.15) is 31.7 Å². The first-order chi connectivity index (χ1) is 9.12. The molecule has 106 valence electrons. The maximum Gasteiger partial charge on any atom is 0.277 e. The number of benzene rings is 1. The molecule has 0 radical (unpaired) electrons. The lowest BCUT2D eigenvalue weighted by Crippen LogP contribution is -2.44. The van der Waals surface area contributed by atoms with Gasteiger partial charge >= 0.3 is 0 Å². The molecule has 0 saturated heterocycles. The van der Waals surface area contributed by atoms with Gasteiger partial charge in [-0.2, -0.15) is 0 Å². The van der Waals surface area contributed by atoms with Crippen molar-refractivity contribution < 1.29 is 14.3 Å². The van der Waals surface area contributed by atoms with E-state index in [-0.39, 0.29) is 6.61 Å². The van der Waals surface area contributed by atoms with Gasteiger partial charge in [0.25, 0.3) is 5.91 Å². The molecule has 1 rings (SSSR count). The van der Waals surface area contributed by atoms with Gasteiger partial charge in [-0.1, -0.05) is 26.0 Å². The monoisotopic (exact) mass is 266 g/mol. The second-order valence-electron chi connectivity index (χ2n) is 4.45. The van der Waals surface area contributed by atoms with Crippen molar-refractivity contribution >= 4 is 5.91 Å². The minimum atomic E-state index is -0.746. The fraction of sp³-hybridized carbons (Fsp3) is 0.500. The van der Waals surface area contributed by atoms with Gasteiger partial charge in [-0.15, -0.1) is 0 Å². The highest BCUT2D eigenvalue weighted by atomic mass is 16.5. The maximum absolute atomic E-state index is 11.5. The van der Waals surface area contributed by atoms with Crippen LogP contribution in [-0.2, 0) is 9.53 Å². The van der Waals surface area contributed by atoms with Gasteiger partial charge in [0.1, 0.15) is 5.75 Å². The van der Waals surface area contributed by atoms with Crippen molar-refractivity contribution in [3.05, 3.63) is 29.8 Å². The quantitative estimate of drug-likeness (QED) is 0.446. The summed E-state index contributed by atoms with van der Waals surface area (Å²) in [6.45, 7) is 4.47. The zero-order valence-electron chi connectivity index (χ0n) is 11.7. The SMILES string of the molecule is CCC(C)c1ccc(OC(COC)C(=O)NN)cc1. The molecule has 0 bridgehead atoms. The zero-order chi connectivity index (χ0) is 14.3. The number of hydrazine groups is 1. The number of methoxy groups -OCH3 is 1. The highest BCUT2D eigenvalue weighted by Gasteiger charge is 2.19. The van der Waals surface area contributed by atoms with E-state index in [0.29, 0.717) is 11.7 Å². The van der Waals surface area contributed by atoms with E-state index in [1.807, 2.05) is 24.3 Å². The molecule has 0 spiro atoms. The summed E-state index contributed by atoms with van der Waals surface area (Å²) in [6, 6.07) is 7.73. The molecule has 1 aromatic carbocycles. The summed E-state index contributed by atoms with van der Waals surface area (Å²) in [7, 11) is 1.51. The summed E-state index contributed by atoms with van der Waals surface area (Å²) in [4.78, 5) is 11.5. The van der Waals surface area contributed by atoms with Gasteiger partial charge < -0.3 is 9.47 Å². The van der Waals surface area contributed by atoms with E-state index >= 15 is 0 Å². The fourth-order valence-electron chi connectivity index (χ4n) is 1.68. The first kappa shape index (κ1) is 15.5. The van der Waals surface area contributed by atoms with Gasteiger partial charge in [0.2, 0.25) is 6.10 Å². The first-order valence-electron chi connectivity index (χ1n) is 6.38. The third-order valence-corrected chi connectivity index (χ3v) is 3.09. The lowest BCUT2D eigenvalue weighted by molar-refractivity contribution is -0.130. The summed E-state index contributed by atoms with van der Waals surface area (Å²) in [6.07, 6.45) is 0.340. The molecular formula is C14H22N2O3. The minimum Gasteiger partial charge on any atom is -0.478 e. The van der Waals surface area contributed by atoms with Crippen LogP contribution in [0.25, 0.3) is 0 Å². The molecule has 19 heavy (non-hydrogen) atoms. The Morgan fingerprint density at radius 3 is 2.47 bits per heavy atom. The number of hydrogen-bond acceptors (Lipinski definition) is 4. The average Bonchev–Trinajstić information content (AvgIpc) is 2.46. The van der Waals surface area contributed by atoms with Crippen molar-refractivity contribution in [2.45, 2.75) is 32.3 Å². The fourth-order valence-corrected chi connectivity index (χ4v) is 1.68. The molecule has 5 heteroatoms. The number of nitrogens with one attached hydrogen (secondary N) is 1. The van der Waals surface area contributed by atoms with E-state index < -0.39 is 12.0 Å². The Hall–Kier alpha value is -1.59. The van der Waals surface area contributed by atoms with E-state index in [4.69, 9.17) is 15.3 Å². The number of nitrogens with two attached hydrogens (primary N) is 1. The molecule has 3 N–H and O–H groups in total. The molecule has 2 atom stereocenters. The van der Waals surface area contributed by atoms with Gasteiger partial charge in [0.05, 0.1) is 6.61 Å². The molecule has 1 amide bonds. The summed E-state index contributed by atoms with van der Waals surface area (Å²) in [5, 5.41) is 0. The van der Waals surface area contributed by atoms with E-state index in [1.54, 1.807) is 0 Å². The molecule has 0 heterocycles. The van der Waals surface area contributed by atoms with Gasteiger partial charge in [0.15, 0.2) is 0 Å². The Labute approximate surface area is 114 Å². The molecular weight excluding hydrogens is 244 g/mol. The second kappa shape index (κ2) is 7.76. The molecule has 2 unspecified atom stereocenters. The first-order valence-corrected chi connectivity index (χ1v) is 6.38. The minimum absolute atomic E-state index is 0.149. The molecule has 0 aliphatic heterocycles. The Morgan fingerprint density at radius 2 is 2.00 bits per heavy atom. The Morgan fingerprint density at radius 1 is 1.37 bits per heavy atom. The number of rotatable bonds is 7. The van der Waals surface area contributed by atoms with Gasteiger partial charge in [0, 0.05) is 7.11 Å². The summed E-state index contributed by atoms with van der Waals surface area (Å²) in [5.41, 5.74) is 3.32.